The molecule has 140 valence electrons. The second-order valence-corrected chi connectivity index (χ2v) is 6.64. The molecule has 0 radical (unpaired) electrons. The highest BCUT2D eigenvalue weighted by Gasteiger charge is 2.32. The number of nitrogens with one attached hydrogen (secondary N) is 1. The number of amides is 1. The number of carbonyl (C=O) groups is 1. The van der Waals surface area contributed by atoms with Crippen LogP contribution in [-0.2, 0) is 16.1 Å². The zero-order chi connectivity index (χ0) is 19.0. The Bertz CT molecular complexity index is 715. The van der Waals surface area contributed by atoms with E-state index in [-0.39, 0.29) is 5.91 Å². The predicted molar refractivity (Wildman–Crippen MR) is 106 cm³/mol. The molecule has 1 unspecified atom stereocenters. The van der Waals surface area contributed by atoms with Crippen LogP contribution >= 0.6 is 0 Å². The van der Waals surface area contributed by atoms with E-state index in [1.54, 1.807) is 0 Å². The number of hydrogen-bond acceptors (Lipinski definition) is 3. The molecule has 4 heteroatoms. The van der Waals surface area contributed by atoms with E-state index in [0.29, 0.717) is 19.6 Å². The first kappa shape index (κ1) is 20.0. The van der Waals surface area contributed by atoms with Crippen molar-refractivity contribution in [2.75, 3.05) is 11.9 Å². The molecule has 1 amide bonds. The van der Waals surface area contributed by atoms with Crippen LogP contribution in [0.2, 0.25) is 0 Å². The molecule has 4 nitrogen and oxygen atoms in total. The number of carbonyl (C=O) groups excluding carboxylic acids is 1. The van der Waals surface area contributed by atoms with Crippen LogP contribution in [0.25, 0.3) is 0 Å². The summed E-state index contributed by atoms with van der Waals surface area (Å²) in [5.74, 6) is 0.693. The van der Waals surface area contributed by atoms with Crippen LogP contribution in [0.3, 0.4) is 0 Å². The molecule has 2 rings (SSSR count). The van der Waals surface area contributed by atoms with Gasteiger partial charge in [0, 0.05) is 12.3 Å². The number of rotatable bonds is 9. The van der Waals surface area contributed by atoms with Crippen LogP contribution in [0.1, 0.15) is 44.7 Å². The van der Waals surface area contributed by atoms with E-state index in [9.17, 15) is 4.79 Å². The lowest BCUT2D eigenvalue weighted by atomic mass is 10.0. The van der Waals surface area contributed by atoms with Crippen molar-refractivity contribution < 1.29 is 14.3 Å². The van der Waals surface area contributed by atoms with E-state index in [4.69, 9.17) is 9.47 Å². The molecule has 0 bridgehead atoms. The maximum Gasteiger partial charge on any atom is 0.256 e. The van der Waals surface area contributed by atoms with Gasteiger partial charge in [0.2, 0.25) is 0 Å². The first-order valence-corrected chi connectivity index (χ1v) is 9.21. The number of anilines is 1. The fraction of sp³-hybridized carbons (Fsp3) is 0.409. The van der Waals surface area contributed by atoms with Crippen molar-refractivity contribution in [3.05, 3.63) is 59.7 Å². The summed E-state index contributed by atoms with van der Waals surface area (Å²) in [6, 6.07) is 15.7. The van der Waals surface area contributed by atoms with Gasteiger partial charge in [-0.25, -0.2) is 0 Å². The molecular formula is C22H29NO3. The SMILES string of the molecule is CCCOC(C)(CC)C(=O)Nc1ccc(OCc2ccccc2)c(C)c1. The third-order valence-electron chi connectivity index (χ3n) is 4.45. The fourth-order valence-corrected chi connectivity index (χ4v) is 2.54. The summed E-state index contributed by atoms with van der Waals surface area (Å²) in [4.78, 5) is 12.6. The molecule has 26 heavy (non-hydrogen) atoms. The third-order valence-corrected chi connectivity index (χ3v) is 4.45. The molecule has 2 aromatic carbocycles. The van der Waals surface area contributed by atoms with Crippen molar-refractivity contribution in [3.63, 3.8) is 0 Å². The Morgan fingerprint density at radius 1 is 1.12 bits per heavy atom. The van der Waals surface area contributed by atoms with Crippen molar-refractivity contribution in [3.8, 4) is 5.75 Å². The number of benzene rings is 2. The van der Waals surface area contributed by atoms with Gasteiger partial charge in [0.05, 0.1) is 0 Å². The van der Waals surface area contributed by atoms with E-state index in [1.165, 1.54) is 0 Å². The van der Waals surface area contributed by atoms with Gasteiger partial charge in [-0.2, -0.15) is 0 Å². The zero-order valence-electron chi connectivity index (χ0n) is 16.2. The molecule has 1 atom stereocenters. The molecule has 0 fully saturated rings. The normalized spacial score (nSPS) is 13.1. The summed E-state index contributed by atoms with van der Waals surface area (Å²) >= 11 is 0. The van der Waals surface area contributed by atoms with Crippen molar-refractivity contribution in [2.24, 2.45) is 0 Å². The molecule has 0 aliphatic heterocycles. The maximum atomic E-state index is 12.6. The average molecular weight is 355 g/mol. The number of hydrogen-bond donors (Lipinski definition) is 1. The van der Waals surface area contributed by atoms with Crippen molar-refractivity contribution in [1.82, 2.24) is 0 Å². The molecule has 0 aliphatic rings. The number of aryl methyl sites for hydroxylation is 1. The van der Waals surface area contributed by atoms with Crippen LogP contribution in [0.15, 0.2) is 48.5 Å². The quantitative estimate of drug-likeness (QED) is 0.680. The number of ether oxygens (including phenoxy) is 2. The molecule has 0 spiro atoms. The Balaban J connectivity index is 2.01. The summed E-state index contributed by atoms with van der Waals surface area (Å²) in [6.07, 6.45) is 1.51. The average Bonchev–Trinajstić information content (AvgIpc) is 2.66. The lowest BCUT2D eigenvalue weighted by Crippen LogP contribution is -2.42. The smallest absolute Gasteiger partial charge is 0.256 e. The van der Waals surface area contributed by atoms with Crippen molar-refractivity contribution in [1.29, 1.82) is 0 Å². The molecular weight excluding hydrogens is 326 g/mol. The second kappa shape index (κ2) is 9.39. The van der Waals surface area contributed by atoms with Crippen molar-refractivity contribution in [2.45, 2.75) is 52.7 Å². The molecule has 0 aromatic heterocycles. The van der Waals surface area contributed by atoms with Gasteiger partial charge in [-0.05, 0) is 56.0 Å². The van der Waals surface area contributed by atoms with Gasteiger partial charge >= 0.3 is 0 Å². The highest BCUT2D eigenvalue weighted by Crippen LogP contribution is 2.25. The largest absolute Gasteiger partial charge is 0.489 e. The van der Waals surface area contributed by atoms with Crippen LogP contribution in [-0.4, -0.2) is 18.1 Å². The van der Waals surface area contributed by atoms with E-state index >= 15 is 0 Å². The summed E-state index contributed by atoms with van der Waals surface area (Å²) in [6.45, 7) is 8.90. The lowest BCUT2D eigenvalue weighted by Gasteiger charge is -2.27. The minimum Gasteiger partial charge on any atom is -0.489 e. The van der Waals surface area contributed by atoms with Crippen LogP contribution in [0.5, 0.6) is 5.75 Å². The minimum atomic E-state index is -0.813. The van der Waals surface area contributed by atoms with Gasteiger partial charge < -0.3 is 14.8 Å². The summed E-state index contributed by atoms with van der Waals surface area (Å²) in [5, 5.41) is 2.96. The molecule has 0 saturated heterocycles. The van der Waals surface area contributed by atoms with E-state index < -0.39 is 5.60 Å². The van der Waals surface area contributed by atoms with Crippen LogP contribution in [0, 0.1) is 6.92 Å². The first-order chi connectivity index (χ1) is 12.5. The van der Waals surface area contributed by atoms with Gasteiger partial charge in [-0.1, -0.05) is 44.2 Å². The van der Waals surface area contributed by atoms with Crippen molar-refractivity contribution >= 4 is 11.6 Å². The summed E-state index contributed by atoms with van der Waals surface area (Å²) in [7, 11) is 0. The Labute approximate surface area is 156 Å². The Kier molecular flexibility index (Phi) is 7.22. The monoisotopic (exact) mass is 355 g/mol. The summed E-state index contributed by atoms with van der Waals surface area (Å²) in [5.41, 5.74) is 2.04. The lowest BCUT2D eigenvalue weighted by molar-refractivity contribution is -0.139. The first-order valence-electron chi connectivity index (χ1n) is 9.21. The highest BCUT2D eigenvalue weighted by atomic mass is 16.5. The van der Waals surface area contributed by atoms with E-state index in [0.717, 1.165) is 29.0 Å². The van der Waals surface area contributed by atoms with Gasteiger partial charge in [0.1, 0.15) is 18.0 Å². The minimum absolute atomic E-state index is 0.120. The Morgan fingerprint density at radius 3 is 2.46 bits per heavy atom. The zero-order valence-corrected chi connectivity index (χ0v) is 16.2. The molecule has 1 N–H and O–H groups in total. The molecule has 0 aliphatic carbocycles. The van der Waals surface area contributed by atoms with Gasteiger partial charge in [0.15, 0.2) is 0 Å². The molecule has 0 saturated carbocycles. The van der Waals surface area contributed by atoms with E-state index in [2.05, 4.69) is 5.32 Å². The fourth-order valence-electron chi connectivity index (χ4n) is 2.54. The van der Waals surface area contributed by atoms with Gasteiger partial charge in [-0.15, -0.1) is 0 Å². The predicted octanol–water partition coefficient (Wildman–Crippen LogP) is 5.11. The Morgan fingerprint density at radius 2 is 1.85 bits per heavy atom. The molecule has 2 aromatic rings. The van der Waals surface area contributed by atoms with E-state index in [1.807, 2.05) is 76.2 Å². The third kappa shape index (κ3) is 5.33. The van der Waals surface area contributed by atoms with Crippen LogP contribution in [0.4, 0.5) is 5.69 Å². The van der Waals surface area contributed by atoms with Gasteiger partial charge in [-0.3, -0.25) is 4.79 Å². The van der Waals surface area contributed by atoms with Crippen LogP contribution < -0.4 is 10.1 Å². The highest BCUT2D eigenvalue weighted by molar-refractivity contribution is 5.97. The second-order valence-electron chi connectivity index (χ2n) is 6.64. The Hall–Kier alpha value is -2.33. The summed E-state index contributed by atoms with van der Waals surface area (Å²) < 4.78 is 11.7. The topological polar surface area (TPSA) is 47.6 Å². The molecule has 0 heterocycles. The van der Waals surface area contributed by atoms with Gasteiger partial charge in [0.25, 0.3) is 5.91 Å². The standard InChI is InChI=1S/C22H29NO3/c1-5-14-26-22(4,6-2)21(24)23-19-12-13-20(17(3)15-19)25-16-18-10-8-7-9-11-18/h7-13,15H,5-6,14,16H2,1-4H3,(H,23,24). The maximum absolute atomic E-state index is 12.6.